The van der Waals surface area contributed by atoms with Crippen LogP contribution in [0.2, 0.25) is 0 Å². The van der Waals surface area contributed by atoms with Gasteiger partial charge in [-0.2, -0.15) is 0 Å². The minimum Gasteiger partial charge on any atom is -0.385 e. The van der Waals surface area contributed by atoms with Gasteiger partial charge in [0.2, 0.25) is 5.91 Å². The molecule has 0 heterocycles. The summed E-state index contributed by atoms with van der Waals surface area (Å²) < 4.78 is 4.93. The Morgan fingerprint density at radius 2 is 2.12 bits per heavy atom. The van der Waals surface area contributed by atoms with Crippen LogP contribution in [0.1, 0.15) is 45.4 Å². The summed E-state index contributed by atoms with van der Waals surface area (Å²) in [6.07, 6.45) is 6.66. The molecule has 3 N–H and O–H groups in total. The summed E-state index contributed by atoms with van der Waals surface area (Å²) >= 11 is 0. The van der Waals surface area contributed by atoms with Crippen LogP contribution in [0.15, 0.2) is 0 Å². The minimum atomic E-state index is -0.439. The van der Waals surface area contributed by atoms with E-state index in [4.69, 9.17) is 10.5 Å². The minimum absolute atomic E-state index is 0.0270. The zero-order valence-electron chi connectivity index (χ0n) is 11.1. The SMILES string of the molecule is COCCC(N)C(=O)NC1CCCCCC1C. The molecular formula is C13H26N2O2. The van der Waals surface area contributed by atoms with Crippen LogP contribution in [-0.2, 0) is 9.53 Å². The lowest BCUT2D eigenvalue weighted by Gasteiger charge is -2.24. The fourth-order valence-corrected chi connectivity index (χ4v) is 2.37. The van der Waals surface area contributed by atoms with E-state index in [1.165, 1.54) is 25.7 Å². The first-order valence-electron chi connectivity index (χ1n) is 6.70. The molecule has 1 saturated carbocycles. The van der Waals surface area contributed by atoms with E-state index in [-0.39, 0.29) is 5.91 Å². The summed E-state index contributed by atoms with van der Waals surface area (Å²) in [4.78, 5) is 11.9. The van der Waals surface area contributed by atoms with Crippen LogP contribution in [0.5, 0.6) is 0 Å². The first kappa shape index (κ1) is 14.5. The van der Waals surface area contributed by atoms with E-state index < -0.39 is 6.04 Å². The lowest BCUT2D eigenvalue weighted by molar-refractivity contribution is -0.123. The third kappa shape index (κ3) is 5.04. The molecule has 0 aromatic rings. The average Bonchev–Trinajstić information content (AvgIpc) is 2.52. The topological polar surface area (TPSA) is 64.3 Å². The van der Waals surface area contributed by atoms with Crippen molar-refractivity contribution < 1.29 is 9.53 Å². The van der Waals surface area contributed by atoms with E-state index in [0.29, 0.717) is 25.0 Å². The Morgan fingerprint density at radius 1 is 1.41 bits per heavy atom. The average molecular weight is 242 g/mol. The Bertz CT molecular complexity index is 233. The Kier molecular flexibility index (Phi) is 6.52. The number of nitrogens with one attached hydrogen (secondary N) is 1. The van der Waals surface area contributed by atoms with Gasteiger partial charge in [0.05, 0.1) is 6.04 Å². The first-order valence-corrected chi connectivity index (χ1v) is 6.70. The van der Waals surface area contributed by atoms with E-state index in [9.17, 15) is 4.79 Å². The van der Waals surface area contributed by atoms with E-state index in [1.54, 1.807) is 7.11 Å². The molecule has 1 fully saturated rings. The van der Waals surface area contributed by atoms with E-state index in [0.717, 1.165) is 6.42 Å². The Labute approximate surface area is 104 Å². The van der Waals surface area contributed by atoms with Crippen LogP contribution in [-0.4, -0.2) is 31.7 Å². The van der Waals surface area contributed by atoms with Crippen LogP contribution in [0.3, 0.4) is 0 Å². The van der Waals surface area contributed by atoms with Gasteiger partial charge in [-0.05, 0) is 25.2 Å². The summed E-state index contributed by atoms with van der Waals surface area (Å²) in [7, 11) is 1.62. The first-order chi connectivity index (χ1) is 8.15. The highest BCUT2D eigenvalue weighted by atomic mass is 16.5. The number of ether oxygens (including phenoxy) is 1. The molecule has 0 aliphatic heterocycles. The number of hydrogen-bond donors (Lipinski definition) is 2. The van der Waals surface area contributed by atoms with Gasteiger partial charge in [0.15, 0.2) is 0 Å². The van der Waals surface area contributed by atoms with Gasteiger partial charge in [0.25, 0.3) is 0 Å². The van der Waals surface area contributed by atoms with Crippen molar-refractivity contribution in [1.82, 2.24) is 5.32 Å². The summed E-state index contributed by atoms with van der Waals surface area (Å²) in [5, 5.41) is 3.10. The predicted molar refractivity (Wildman–Crippen MR) is 68.6 cm³/mol. The summed E-state index contributed by atoms with van der Waals surface area (Å²) in [6, 6.07) is -0.135. The molecule has 100 valence electrons. The third-order valence-electron chi connectivity index (χ3n) is 3.66. The van der Waals surface area contributed by atoms with Crippen LogP contribution < -0.4 is 11.1 Å². The highest BCUT2D eigenvalue weighted by Gasteiger charge is 2.23. The van der Waals surface area contributed by atoms with Crippen LogP contribution in [0.25, 0.3) is 0 Å². The molecule has 0 bridgehead atoms. The number of amides is 1. The standard InChI is InChI=1S/C13H26N2O2/c1-10-6-4-3-5-7-12(10)15-13(16)11(14)8-9-17-2/h10-12H,3-9,14H2,1-2H3,(H,15,16). The van der Waals surface area contributed by atoms with Gasteiger partial charge < -0.3 is 15.8 Å². The smallest absolute Gasteiger partial charge is 0.237 e. The van der Waals surface area contributed by atoms with Crippen molar-refractivity contribution in [2.75, 3.05) is 13.7 Å². The molecule has 4 nitrogen and oxygen atoms in total. The van der Waals surface area contributed by atoms with Crippen molar-refractivity contribution in [2.24, 2.45) is 11.7 Å². The lowest BCUT2D eigenvalue weighted by atomic mass is 9.96. The Hall–Kier alpha value is -0.610. The second-order valence-electron chi connectivity index (χ2n) is 5.12. The Balaban J connectivity index is 2.37. The molecular weight excluding hydrogens is 216 g/mol. The predicted octanol–water partition coefficient (Wildman–Crippen LogP) is 1.44. The van der Waals surface area contributed by atoms with Crippen molar-refractivity contribution >= 4 is 5.91 Å². The van der Waals surface area contributed by atoms with Crippen molar-refractivity contribution in [3.05, 3.63) is 0 Å². The van der Waals surface area contributed by atoms with Gasteiger partial charge in [-0.3, -0.25) is 4.79 Å². The van der Waals surface area contributed by atoms with Crippen LogP contribution >= 0.6 is 0 Å². The molecule has 3 atom stereocenters. The second kappa shape index (κ2) is 7.67. The van der Waals surface area contributed by atoms with Crippen molar-refractivity contribution in [3.8, 4) is 0 Å². The second-order valence-corrected chi connectivity index (χ2v) is 5.12. The number of nitrogens with two attached hydrogens (primary N) is 1. The number of carbonyl (C=O) groups is 1. The van der Waals surface area contributed by atoms with E-state index in [1.807, 2.05) is 0 Å². The molecule has 0 aromatic heterocycles. The number of hydrogen-bond acceptors (Lipinski definition) is 3. The largest absolute Gasteiger partial charge is 0.385 e. The van der Waals surface area contributed by atoms with Crippen molar-refractivity contribution in [3.63, 3.8) is 0 Å². The monoisotopic (exact) mass is 242 g/mol. The van der Waals surface area contributed by atoms with Crippen LogP contribution in [0.4, 0.5) is 0 Å². The summed E-state index contributed by atoms with van der Waals surface area (Å²) in [6.45, 7) is 2.76. The molecule has 1 rings (SSSR count). The van der Waals surface area contributed by atoms with Gasteiger partial charge in [0.1, 0.15) is 0 Å². The molecule has 0 spiro atoms. The molecule has 0 saturated heterocycles. The van der Waals surface area contributed by atoms with Gasteiger partial charge in [-0.15, -0.1) is 0 Å². The molecule has 1 amide bonds. The number of methoxy groups -OCH3 is 1. The zero-order valence-corrected chi connectivity index (χ0v) is 11.1. The summed E-state index contributed by atoms with van der Waals surface area (Å²) in [5.74, 6) is 0.539. The quantitative estimate of drug-likeness (QED) is 0.717. The van der Waals surface area contributed by atoms with Crippen LogP contribution in [0, 0.1) is 5.92 Å². The molecule has 1 aliphatic carbocycles. The van der Waals surface area contributed by atoms with Gasteiger partial charge in [0, 0.05) is 19.8 Å². The van der Waals surface area contributed by atoms with E-state index in [2.05, 4.69) is 12.2 Å². The molecule has 17 heavy (non-hydrogen) atoms. The fourth-order valence-electron chi connectivity index (χ4n) is 2.37. The number of carbonyl (C=O) groups excluding carboxylic acids is 1. The Morgan fingerprint density at radius 3 is 2.82 bits per heavy atom. The molecule has 3 unspecified atom stereocenters. The zero-order chi connectivity index (χ0) is 12.7. The van der Waals surface area contributed by atoms with Gasteiger partial charge >= 0.3 is 0 Å². The number of rotatable bonds is 5. The van der Waals surface area contributed by atoms with Gasteiger partial charge in [-0.1, -0.05) is 26.2 Å². The molecule has 0 aromatic carbocycles. The van der Waals surface area contributed by atoms with E-state index >= 15 is 0 Å². The molecule has 4 heteroatoms. The third-order valence-corrected chi connectivity index (χ3v) is 3.66. The fraction of sp³-hybridized carbons (Fsp3) is 0.923. The maximum atomic E-state index is 11.9. The maximum absolute atomic E-state index is 11.9. The highest BCUT2D eigenvalue weighted by Crippen LogP contribution is 2.22. The highest BCUT2D eigenvalue weighted by molar-refractivity contribution is 5.81. The summed E-state index contributed by atoms with van der Waals surface area (Å²) in [5.41, 5.74) is 5.81. The van der Waals surface area contributed by atoms with Crippen molar-refractivity contribution in [1.29, 1.82) is 0 Å². The van der Waals surface area contributed by atoms with Gasteiger partial charge in [-0.25, -0.2) is 0 Å². The molecule has 1 aliphatic rings. The maximum Gasteiger partial charge on any atom is 0.237 e. The van der Waals surface area contributed by atoms with Crippen molar-refractivity contribution in [2.45, 2.75) is 57.5 Å². The molecule has 0 radical (unpaired) electrons. The lowest BCUT2D eigenvalue weighted by Crippen LogP contribution is -2.47. The normalized spacial score (nSPS) is 27.2.